The van der Waals surface area contributed by atoms with Crippen molar-refractivity contribution in [3.8, 4) is 0 Å². The SMILES string of the molecule is CN(C)c1ccc(Nc2nccc(CO)n2)cc1. The first-order chi connectivity index (χ1) is 8.69. The van der Waals surface area contributed by atoms with E-state index >= 15 is 0 Å². The molecule has 5 nitrogen and oxygen atoms in total. The van der Waals surface area contributed by atoms with E-state index < -0.39 is 0 Å². The van der Waals surface area contributed by atoms with Gasteiger partial charge in [0.2, 0.25) is 5.95 Å². The van der Waals surface area contributed by atoms with Crippen molar-refractivity contribution in [3.63, 3.8) is 0 Å². The Morgan fingerprint density at radius 1 is 1.17 bits per heavy atom. The van der Waals surface area contributed by atoms with Gasteiger partial charge in [-0.3, -0.25) is 0 Å². The third-order valence-corrected chi connectivity index (χ3v) is 2.52. The maximum atomic E-state index is 9.00. The zero-order valence-corrected chi connectivity index (χ0v) is 10.5. The Balaban J connectivity index is 2.13. The molecular weight excluding hydrogens is 228 g/mol. The van der Waals surface area contributed by atoms with Gasteiger partial charge in [0, 0.05) is 31.7 Å². The molecule has 2 N–H and O–H groups in total. The Bertz CT molecular complexity index is 511. The summed E-state index contributed by atoms with van der Waals surface area (Å²) < 4.78 is 0. The largest absolute Gasteiger partial charge is 0.390 e. The van der Waals surface area contributed by atoms with E-state index in [-0.39, 0.29) is 6.61 Å². The minimum atomic E-state index is -0.0865. The lowest BCUT2D eigenvalue weighted by molar-refractivity contribution is 0.277. The van der Waals surface area contributed by atoms with Crippen molar-refractivity contribution >= 4 is 17.3 Å². The van der Waals surface area contributed by atoms with Crippen LogP contribution in [-0.2, 0) is 6.61 Å². The fourth-order valence-electron chi connectivity index (χ4n) is 1.52. The highest BCUT2D eigenvalue weighted by molar-refractivity contribution is 5.58. The summed E-state index contributed by atoms with van der Waals surface area (Å²) in [5, 5.41) is 12.1. The van der Waals surface area contributed by atoms with Gasteiger partial charge >= 0.3 is 0 Å². The van der Waals surface area contributed by atoms with Crippen molar-refractivity contribution in [2.24, 2.45) is 0 Å². The van der Waals surface area contributed by atoms with Gasteiger partial charge in [-0.15, -0.1) is 0 Å². The normalized spacial score (nSPS) is 10.2. The number of nitrogens with zero attached hydrogens (tertiary/aromatic N) is 3. The molecule has 5 heteroatoms. The molecule has 0 atom stereocenters. The Labute approximate surface area is 106 Å². The Morgan fingerprint density at radius 2 is 1.89 bits per heavy atom. The monoisotopic (exact) mass is 244 g/mol. The van der Waals surface area contributed by atoms with Gasteiger partial charge in [0.05, 0.1) is 12.3 Å². The van der Waals surface area contributed by atoms with E-state index in [1.165, 1.54) is 0 Å². The minimum absolute atomic E-state index is 0.0865. The third kappa shape index (κ3) is 2.95. The average molecular weight is 244 g/mol. The van der Waals surface area contributed by atoms with Crippen LogP contribution in [0.4, 0.5) is 17.3 Å². The van der Waals surface area contributed by atoms with Crippen molar-refractivity contribution in [1.82, 2.24) is 9.97 Å². The van der Waals surface area contributed by atoms with Gasteiger partial charge in [-0.1, -0.05) is 0 Å². The van der Waals surface area contributed by atoms with Crippen LogP contribution in [0.15, 0.2) is 36.5 Å². The van der Waals surface area contributed by atoms with Crippen LogP contribution in [0.25, 0.3) is 0 Å². The molecule has 0 amide bonds. The lowest BCUT2D eigenvalue weighted by Crippen LogP contribution is -2.08. The second-order valence-corrected chi connectivity index (χ2v) is 4.10. The molecule has 2 aromatic rings. The van der Waals surface area contributed by atoms with Crippen LogP contribution in [0, 0.1) is 0 Å². The van der Waals surface area contributed by atoms with Crippen molar-refractivity contribution in [2.75, 3.05) is 24.3 Å². The predicted molar refractivity (Wildman–Crippen MR) is 72.0 cm³/mol. The Hall–Kier alpha value is -2.14. The fourth-order valence-corrected chi connectivity index (χ4v) is 1.52. The van der Waals surface area contributed by atoms with E-state index in [9.17, 15) is 0 Å². The summed E-state index contributed by atoms with van der Waals surface area (Å²) in [7, 11) is 3.99. The van der Waals surface area contributed by atoms with E-state index in [1.807, 2.05) is 43.3 Å². The van der Waals surface area contributed by atoms with Crippen LogP contribution in [0.5, 0.6) is 0 Å². The van der Waals surface area contributed by atoms with Gasteiger partial charge in [-0.25, -0.2) is 9.97 Å². The first kappa shape index (κ1) is 12.3. The number of hydrogen-bond acceptors (Lipinski definition) is 5. The molecule has 0 unspecified atom stereocenters. The van der Waals surface area contributed by atoms with E-state index in [0.717, 1.165) is 11.4 Å². The molecule has 1 heterocycles. The van der Waals surface area contributed by atoms with Crippen molar-refractivity contribution < 1.29 is 5.11 Å². The molecule has 0 aliphatic heterocycles. The molecule has 0 radical (unpaired) electrons. The second-order valence-electron chi connectivity index (χ2n) is 4.10. The van der Waals surface area contributed by atoms with Gasteiger partial charge in [0.1, 0.15) is 0 Å². The van der Waals surface area contributed by atoms with Gasteiger partial charge in [-0.2, -0.15) is 0 Å². The number of aromatic nitrogens is 2. The Kier molecular flexibility index (Phi) is 3.74. The number of rotatable bonds is 4. The van der Waals surface area contributed by atoms with Gasteiger partial charge < -0.3 is 15.3 Å². The van der Waals surface area contributed by atoms with Crippen LogP contribution in [0.2, 0.25) is 0 Å². The molecule has 94 valence electrons. The van der Waals surface area contributed by atoms with E-state index in [0.29, 0.717) is 11.6 Å². The summed E-state index contributed by atoms with van der Waals surface area (Å²) in [6.45, 7) is -0.0865. The molecule has 0 spiro atoms. The lowest BCUT2D eigenvalue weighted by atomic mass is 10.2. The van der Waals surface area contributed by atoms with Crippen molar-refractivity contribution in [1.29, 1.82) is 0 Å². The summed E-state index contributed by atoms with van der Waals surface area (Å²) in [5.74, 6) is 0.485. The summed E-state index contributed by atoms with van der Waals surface area (Å²) >= 11 is 0. The molecule has 0 saturated carbocycles. The zero-order valence-electron chi connectivity index (χ0n) is 10.5. The maximum absolute atomic E-state index is 9.00. The zero-order chi connectivity index (χ0) is 13.0. The topological polar surface area (TPSA) is 61.3 Å². The number of anilines is 3. The van der Waals surface area contributed by atoms with Crippen LogP contribution in [-0.4, -0.2) is 29.2 Å². The van der Waals surface area contributed by atoms with Crippen LogP contribution < -0.4 is 10.2 Å². The van der Waals surface area contributed by atoms with E-state index in [2.05, 4.69) is 15.3 Å². The molecule has 1 aromatic heterocycles. The lowest BCUT2D eigenvalue weighted by Gasteiger charge is -2.13. The van der Waals surface area contributed by atoms with Crippen LogP contribution in [0.1, 0.15) is 5.69 Å². The standard InChI is InChI=1S/C13H16N4O/c1-17(2)12-5-3-10(4-6-12)15-13-14-8-7-11(9-18)16-13/h3-8,18H,9H2,1-2H3,(H,14,15,16). The third-order valence-electron chi connectivity index (χ3n) is 2.52. The smallest absolute Gasteiger partial charge is 0.227 e. The average Bonchev–Trinajstić information content (AvgIpc) is 2.39. The Morgan fingerprint density at radius 3 is 2.50 bits per heavy atom. The molecule has 2 rings (SSSR count). The minimum Gasteiger partial charge on any atom is -0.390 e. The summed E-state index contributed by atoms with van der Waals surface area (Å²) in [5.41, 5.74) is 2.64. The summed E-state index contributed by atoms with van der Waals surface area (Å²) in [6, 6.07) is 9.63. The number of benzene rings is 1. The van der Waals surface area contributed by atoms with Gasteiger partial charge in [0.15, 0.2) is 0 Å². The number of nitrogens with one attached hydrogen (secondary N) is 1. The molecule has 1 aromatic carbocycles. The second kappa shape index (κ2) is 5.46. The highest BCUT2D eigenvalue weighted by Gasteiger charge is 2.00. The van der Waals surface area contributed by atoms with Crippen LogP contribution in [0.3, 0.4) is 0 Å². The summed E-state index contributed by atoms with van der Waals surface area (Å²) in [6.07, 6.45) is 1.62. The molecule has 0 aliphatic carbocycles. The number of aliphatic hydroxyl groups excluding tert-OH is 1. The number of hydrogen-bond donors (Lipinski definition) is 2. The molecule has 18 heavy (non-hydrogen) atoms. The predicted octanol–water partition coefficient (Wildman–Crippen LogP) is 1.78. The quantitative estimate of drug-likeness (QED) is 0.858. The van der Waals surface area contributed by atoms with Crippen molar-refractivity contribution in [3.05, 3.63) is 42.2 Å². The van der Waals surface area contributed by atoms with Gasteiger partial charge in [-0.05, 0) is 30.3 Å². The maximum Gasteiger partial charge on any atom is 0.227 e. The molecule has 0 saturated heterocycles. The molecule has 0 bridgehead atoms. The first-order valence-electron chi connectivity index (χ1n) is 5.66. The van der Waals surface area contributed by atoms with E-state index in [4.69, 9.17) is 5.11 Å². The molecule has 0 fully saturated rings. The number of aliphatic hydroxyl groups is 1. The molecular formula is C13H16N4O. The van der Waals surface area contributed by atoms with E-state index in [1.54, 1.807) is 12.3 Å². The highest BCUT2D eigenvalue weighted by atomic mass is 16.3. The van der Waals surface area contributed by atoms with Gasteiger partial charge in [0.25, 0.3) is 0 Å². The molecule has 0 aliphatic rings. The van der Waals surface area contributed by atoms with Crippen LogP contribution >= 0.6 is 0 Å². The first-order valence-corrected chi connectivity index (χ1v) is 5.66. The highest BCUT2D eigenvalue weighted by Crippen LogP contribution is 2.18. The summed E-state index contributed by atoms with van der Waals surface area (Å²) in [4.78, 5) is 10.3. The van der Waals surface area contributed by atoms with Crippen molar-refractivity contribution in [2.45, 2.75) is 6.61 Å². The fraction of sp³-hybridized carbons (Fsp3) is 0.231.